The minimum atomic E-state index is -1.15. The topological polar surface area (TPSA) is 88.3 Å². The predicted molar refractivity (Wildman–Crippen MR) is 112 cm³/mol. The van der Waals surface area contributed by atoms with E-state index in [2.05, 4.69) is 10.1 Å². The lowest BCUT2D eigenvalue weighted by molar-refractivity contribution is 0.0349. The fourth-order valence-electron chi connectivity index (χ4n) is 4.32. The molecule has 168 valence electrons. The first-order chi connectivity index (χ1) is 15.1. The Labute approximate surface area is 180 Å². The summed E-state index contributed by atoms with van der Waals surface area (Å²) in [4.78, 5) is 16.5. The number of benzene rings is 1. The van der Waals surface area contributed by atoms with Crippen molar-refractivity contribution in [3.63, 3.8) is 0 Å². The number of ether oxygens (including phenoxy) is 2. The van der Waals surface area contributed by atoms with Crippen molar-refractivity contribution in [3.8, 4) is 17.1 Å². The summed E-state index contributed by atoms with van der Waals surface area (Å²) in [5.74, 6) is -1.31. The molecule has 0 bridgehead atoms. The fourth-order valence-corrected chi connectivity index (χ4v) is 4.32. The number of likely N-dealkylation sites (tertiary alicyclic amines) is 1. The molecule has 2 aliphatic rings. The zero-order chi connectivity index (χ0) is 21.8. The summed E-state index contributed by atoms with van der Waals surface area (Å²) in [5, 5.41) is 14.0. The number of aromatic carboxylic acids is 1. The first-order valence-corrected chi connectivity index (χ1v) is 10.7. The van der Waals surface area contributed by atoms with E-state index in [4.69, 9.17) is 14.0 Å². The van der Waals surface area contributed by atoms with Crippen molar-refractivity contribution < 1.29 is 28.3 Å². The molecule has 4 rings (SSSR count). The third-order valence-electron chi connectivity index (χ3n) is 5.86. The van der Waals surface area contributed by atoms with Crippen LogP contribution in [0.2, 0.25) is 0 Å². The number of carboxylic acid groups (broad SMARTS) is 1. The van der Waals surface area contributed by atoms with Gasteiger partial charge in [0.1, 0.15) is 0 Å². The summed E-state index contributed by atoms with van der Waals surface area (Å²) in [7, 11) is 1.35. The quantitative estimate of drug-likeness (QED) is 0.743. The number of anilines is 1. The average molecular weight is 433 g/mol. The number of aromatic nitrogens is 1. The van der Waals surface area contributed by atoms with E-state index in [0.717, 1.165) is 26.1 Å². The van der Waals surface area contributed by atoms with Gasteiger partial charge in [-0.1, -0.05) is 11.6 Å². The van der Waals surface area contributed by atoms with Gasteiger partial charge in [-0.2, -0.15) is 0 Å². The van der Waals surface area contributed by atoms with Crippen molar-refractivity contribution in [2.75, 3.05) is 51.3 Å². The molecule has 1 N–H and O–H groups in total. The van der Waals surface area contributed by atoms with Crippen molar-refractivity contribution in [2.24, 2.45) is 0 Å². The summed E-state index contributed by atoms with van der Waals surface area (Å²) in [6.07, 6.45) is 4.41. The molecule has 2 fully saturated rings. The zero-order valence-corrected chi connectivity index (χ0v) is 17.7. The standard InChI is InChI=1S/C22H28FN3O5/c1-29-18-12-15(6-7-17(18)23)20-19(22(27)28)21(24-31-20)26-10-5-11-30-16(14-26)13-25-8-3-2-4-9-25/h6-7,12,16H,2-5,8-11,13-14H2,1H3,(H,27,28). The smallest absolute Gasteiger partial charge is 0.343 e. The summed E-state index contributed by atoms with van der Waals surface area (Å²) in [5.41, 5.74) is 0.359. The van der Waals surface area contributed by atoms with Crippen LogP contribution in [0.4, 0.5) is 10.2 Å². The van der Waals surface area contributed by atoms with E-state index in [9.17, 15) is 14.3 Å². The van der Waals surface area contributed by atoms with Gasteiger partial charge in [-0.3, -0.25) is 0 Å². The molecule has 0 saturated carbocycles. The third-order valence-corrected chi connectivity index (χ3v) is 5.86. The van der Waals surface area contributed by atoms with E-state index in [1.165, 1.54) is 44.6 Å². The van der Waals surface area contributed by atoms with Crippen LogP contribution >= 0.6 is 0 Å². The lowest BCUT2D eigenvalue weighted by Crippen LogP contribution is -2.42. The lowest BCUT2D eigenvalue weighted by atomic mass is 10.1. The number of piperidine rings is 1. The molecule has 1 atom stereocenters. The Hall–Kier alpha value is -2.65. The SMILES string of the molecule is COc1cc(-c2onc(N3CCCOC(CN4CCCCC4)C3)c2C(=O)O)ccc1F. The molecular weight excluding hydrogens is 405 g/mol. The zero-order valence-electron chi connectivity index (χ0n) is 17.7. The Bertz CT molecular complexity index is 913. The van der Waals surface area contributed by atoms with Gasteiger partial charge in [-0.05, 0) is 50.6 Å². The van der Waals surface area contributed by atoms with Crippen molar-refractivity contribution in [1.82, 2.24) is 10.1 Å². The maximum Gasteiger partial charge on any atom is 0.343 e. The van der Waals surface area contributed by atoms with Crippen molar-refractivity contribution in [1.29, 1.82) is 0 Å². The fraction of sp³-hybridized carbons (Fsp3) is 0.545. The number of methoxy groups -OCH3 is 1. The van der Waals surface area contributed by atoms with Crippen LogP contribution in [0.1, 0.15) is 36.0 Å². The predicted octanol–water partition coefficient (Wildman–Crippen LogP) is 3.27. The van der Waals surface area contributed by atoms with E-state index in [1.807, 2.05) is 4.90 Å². The first kappa shape index (κ1) is 21.6. The van der Waals surface area contributed by atoms with Crippen molar-refractivity contribution in [3.05, 3.63) is 29.6 Å². The summed E-state index contributed by atoms with van der Waals surface area (Å²) >= 11 is 0. The number of rotatable bonds is 6. The second-order valence-corrected chi connectivity index (χ2v) is 8.02. The highest BCUT2D eigenvalue weighted by atomic mass is 19.1. The number of nitrogens with zero attached hydrogens (tertiary/aromatic N) is 3. The maximum atomic E-state index is 13.8. The molecule has 8 nitrogen and oxygen atoms in total. The largest absolute Gasteiger partial charge is 0.494 e. The van der Waals surface area contributed by atoms with Crippen LogP contribution in [0, 0.1) is 5.82 Å². The molecule has 1 unspecified atom stereocenters. The minimum Gasteiger partial charge on any atom is -0.494 e. The van der Waals surface area contributed by atoms with Gasteiger partial charge in [-0.15, -0.1) is 0 Å². The highest BCUT2D eigenvalue weighted by Crippen LogP contribution is 2.34. The van der Waals surface area contributed by atoms with Gasteiger partial charge in [0.25, 0.3) is 0 Å². The Morgan fingerprint density at radius 2 is 2.06 bits per heavy atom. The summed E-state index contributed by atoms with van der Waals surface area (Å²) in [6, 6.07) is 4.09. The van der Waals surface area contributed by atoms with Gasteiger partial charge in [0.2, 0.25) is 0 Å². The number of carboxylic acids is 1. The molecule has 1 aromatic carbocycles. The van der Waals surface area contributed by atoms with Crippen LogP contribution in [-0.4, -0.2) is 73.7 Å². The molecule has 3 heterocycles. The van der Waals surface area contributed by atoms with Gasteiger partial charge in [0.05, 0.1) is 13.2 Å². The molecule has 2 saturated heterocycles. The minimum absolute atomic E-state index is 0.0107. The molecule has 2 aromatic rings. The van der Waals surface area contributed by atoms with E-state index in [-0.39, 0.29) is 29.0 Å². The molecule has 9 heteroatoms. The van der Waals surface area contributed by atoms with Crippen LogP contribution < -0.4 is 9.64 Å². The van der Waals surface area contributed by atoms with Crippen LogP contribution in [0.3, 0.4) is 0 Å². The molecular formula is C22H28FN3O5. The van der Waals surface area contributed by atoms with Gasteiger partial charge in [0.15, 0.2) is 28.7 Å². The molecule has 0 amide bonds. The third kappa shape index (κ3) is 4.83. The van der Waals surface area contributed by atoms with Crippen LogP contribution in [0.25, 0.3) is 11.3 Å². The molecule has 0 aliphatic carbocycles. The second kappa shape index (κ2) is 9.65. The van der Waals surface area contributed by atoms with E-state index < -0.39 is 11.8 Å². The van der Waals surface area contributed by atoms with Crippen LogP contribution in [-0.2, 0) is 4.74 Å². The summed E-state index contributed by atoms with van der Waals surface area (Å²) < 4.78 is 30.3. The van der Waals surface area contributed by atoms with E-state index >= 15 is 0 Å². The van der Waals surface area contributed by atoms with Crippen molar-refractivity contribution in [2.45, 2.75) is 31.8 Å². The highest BCUT2D eigenvalue weighted by Gasteiger charge is 2.31. The molecule has 1 aromatic heterocycles. The van der Waals surface area contributed by atoms with Gasteiger partial charge in [-0.25, -0.2) is 9.18 Å². The van der Waals surface area contributed by atoms with Gasteiger partial charge >= 0.3 is 5.97 Å². The van der Waals surface area contributed by atoms with E-state index in [1.54, 1.807) is 0 Å². The van der Waals surface area contributed by atoms with Gasteiger partial charge in [0, 0.05) is 31.8 Å². The highest BCUT2D eigenvalue weighted by molar-refractivity contribution is 5.99. The maximum absolute atomic E-state index is 13.8. The van der Waals surface area contributed by atoms with E-state index in [0.29, 0.717) is 25.3 Å². The van der Waals surface area contributed by atoms with Gasteiger partial charge < -0.3 is 28.9 Å². The summed E-state index contributed by atoms with van der Waals surface area (Å²) in [6.45, 7) is 4.74. The normalized spacial score (nSPS) is 20.5. The van der Waals surface area contributed by atoms with Crippen LogP contribution in [0.15, 0.2) is 22.7 Å². The second-order valence-electron chi connectivity index (χ2n) is 8.02. The van der Waals surface area contributed by atoms with Crippen LogP contribution in [0.5, 0.6) is 5.75 Å². The van der Waals surface area contributed by atoms with Crippen molar-refractivity contribution >= 4 is 11.8 Å². The number of halogens is 1. The number of carbonyl (C=O) groups is 1. The number of hydrogen-bond acceptors (Lipinski definition) is 7. The average Bonchev–Trinajstić information content (AvgIpc) is 3.09. The Morgan fingerprint density at radius 3 is 2.81 bits per heavy atom. The Kier molecular flexibility index (Phi) is 6.72. The Morgan fingerprint density at radius 1 is 1.26 bits per heavy atom. The number of hydrogen-bond donors (Lipinski definition) is 1. The molecule has 2 aliphatic heterocycles. The monoisotopic (exact) mass is 433 g/mol. The molecule has 0 spiro atoms. The molecule has 0 radical (unpaired) electrons. The first-order valence-electron chi connectivity index (χ1n) is 10.7. The lowest BCUT2D eigenvalue weighted by Gasteiger charge is -2.31. The Balaban J connectivity index is 1.60. The molecule has 31 heavy (non-hydrogen) atoms.